The molecule has 20 heavy (non-hydrogen) atoms. The van der Waals surface area contributed by atoms with Gasteiger partial charge in [-0.3, -0.25) is 4.98 Å². The quantitative estimate of drug-likeness (QED) is 0.844. The number of hydrogen-bond acceptors (Lipinski definition) is 4. The summed E-state index contributed by atoms with van der Waals surface area (Å²) >= 11 is 0. The van der Waals surface area contributed by atoms with Crippen molar-refractivity contribution in [2.24, 2.45) is 0 Å². The Hall–Kier alpha value is -2.54. The fourth-order valence-electron chi connectivity index (χ4n) is 2.05. The monoisotopic (exact) mass is 267 g/mol. The number of hydrogen-bond donors (Lipinski definition) is 1. The molecule has 1 aromatic heterocycles. The van der Waals surface area contributed by atoms with Crippen molar-refractivity contribution < 1.29 is 4.74 Å². The van der Waals surface area contributed by atoms with Gasteiger partial charge in [0.25, 0.3) is 0 Å². The largest absolute Gasteiger partial charge is 0.456 e. The van der Waals surface area contributed by atoms with Crippen LogP contribution in [0.25, 0.3) is 0 Å². The summed E-state index contributed by atoms with van der Waals surface area (Å²) in [4.78, 5) is 4.28. The lowest BCUT2D eigenvalue weighted by atomic mass is 10.1. The summed E-state index contributed by atoms with van der Waals surface area (Å²) in [6, 6.07) is 7.68. The molecule has 0 spiro atoms. The summed E-state index contributed by atoms with van der Waals surface area (Å²) in [5.41, 5.74) is 10.4. The molecule has 0 aliphatic carbocycles. The second-order valence-electron chi connectivity index (χ2n) is 4.91. The van der Waals surface area contributed by atoms with E-state index < -0.39 is 0 Å². The first-order valence-corrected chi connectivity index (χ1v) is 6.35. The number of nitrogens with two attached hydrogens (primary N) is 1. The molecule has 0 atom stereocenters. The number of pyridine rings is 1. The molecule has 0 radical (unpaired) electrons. The van der Waals surface area contributed by atoms with Crippen LogP contribution < -0.4 is 10.5 Å². The van der Waals surface area contributed by atoms with E-state index >= 15 is 0 Å². The third-order valence-corrected chi connectivity index (χ3v) is 3.19. The van der Waals surface area contributed by atoms with Gasteiger partial charge >= 0.3 is 0 Å². The summed E-state index contributed by atoms with van der Waals surface area (Å²) in [6.45, 7) is 7.54. The maximum absolute atomic E-state index is 9.25. The fourth-order valence-corrected chi connectivity index (χ4v) is 2.05. The second-order valence-corrected chi connectivity index (χ2v) is 4.91. The Labute approximate surface area is 118 Å². The summed E-state index contributed by atoms with van der Waals surface area (Å²) in [5, 5.41) is 9.25. The van der Waals surface area contributed by atoms with Crippen molar-refractivity contribution in [1.29, 1.82) is 5.26 Å². The van der Waals surface area contributed by atoms with Gasteiger partial charge in [0.05, 0.1) is 5.69 Å². The zero-order valence-electron chi connectivity index (χ0n) is 12.1. The van der Waals surface area contributed by atoms with Crippen LogP contribution in [0.2, 0.25) is 0 Å². The molecule has 2 aromatic rings. The highest BCUT2D eigenvalue weighted by Gasteiger charge is 2.12. The zero-order chi connectivity index (χ0) is 14.9. The normalized spacial score (nSPS) is 10.2. The standard InChI is InChI=1S/C16H17N3O/c1-9-6-15(10(2)5-14(9)18)20-16-7-11(3)19-12(4)13(16)8-17/h5-7H,18H2,1-4H3. The van der Waals surface area contributed by atoms with E-state index in [1.165, 1.54) is 0 Å². The minimum absolute atomic E-state index is 0.462. The van der Waals surface area contributed by atoms with Gasteiger partial charge in [-0.25, -0.2) is 0 Å². The zero-order valence-corrected chi connectivity index (χ0v) is 12.1. The van der Waals surface area contributed by atoms with Crippen LogP contribution in [0.4, 0.5) is 5.69 Å². The first-order valence-electron chi connectivity index (χ1n) is 6.35. The third-order valence-electron chi connectivity index (χ3n) is 3.19. The van der Waals surface area contributed by atoms with E-state index in [1.807, 2.05) is 32.9 Å². The van der Waals surface area contributed by atoms with Gasteiger partial charge in [-0.05, 0) is 51.0 Å². The summed E-state index contributed by atoms with van der Waals surface area (Å²) in [7, 11) is 0. The minimum Gasteiger partial charge on any atom is -0.456 e. The number of nitrogen functional groups attached to an aromatic ring is 1. The van der Waals surface area contributed by atoms with E-state index in [1.54, 1.807) is 13.0 Å². The first kappa shape index (κ1) is 13.9. The first-order chi connectivity index (χ1) is 9.42. The number of benzene rings is 1. The van der Waals surface area contributed by atoms with Crippen LogP contribution in [0.15, 0.2) is 18.2 Å². The number of aromatic nitrogens is 1. The van der Waals surface area contributed by atoms with E-state index in [2.05, 4.69) is 11.1 Å². The Bertz CT molecular complexity index is 715. The average Bonchev–Trinajstić information content (AvgIpc) is 2.35. The van der Waals surface area contributed by atoms with Crippen molar-refractivity contribution in [2.45, 2.75) is 27.7 Å². The van der Waals surface area contributed by atoms with Crippen LogP contribution in [0, 0.1) is 39.0 Å². The number of nitriles is 1. The molecule has 0 saturated carbocycles. The molecular weight excluding hydrogens is 250 g/mol. The van der Waals surface area contributed by atoms with Crippen molar-refractivity contribution in [2.75, 3.05) is 5.73 Å². The molecule has 0 amide bonds. The number of rotatable bonds is 2. The Morgan fingerprint density at radius 1 is 1.05 bits per heavy atom. The Balaban J connectivity index is 2.51. The maximum atomic E-state index is 9.25. The van der Waals surface area contributed by atoms with Gasteiger partial charge < -0.3 is 10.5 Å². The fraction of sp³-hybridized carbons (Fsp3) is 0.250. The number of anilines is 1. The van der Waals surface area contributed by atoms with E-state index in [9.17, 15) is 5.26 Å². The van der Waals surface area contributed by atoms with Crippen LogP contribution in [0.3, 0.4) is 0 Å². The molecule has 0 aliphatic rings. The van der Waals surface area contributed by atoms with Gasteiger partial charge in [0, 0.05) is 17.4 Å². The van der Waals surface area contributed by atoms with Gasteiger partial charge in [0.15, 0.2) is 0 Å². The third kappa shape index (κ3) is 2.57. The van der Waals surface area contributed by atoms with Gasteiger partial charge in [-0.15, -0.1) is 0 Å². The minimum atomic E-state index is 0.462. The van der Waals surface area contributed by atoms with Crippen molar-refractivity contribution in [3.8, 4) is 17.6 Å². The lowest BCUT2D eigenvalue weighted by molar-refractivity contribution is 0.475. The predicted molar refractivity (Wildman–Crippen MR) is 78.8 cm³/mol. The predicted octanol–water partition coefficient (Wildman–Crippen LogP) is 3.56. The van der Waals surface area contributed by atoms with E-state index in [0.29, 0.717) is 22.8 Å². The van der Waals surface area contributed by atoms with E-state index in [0.717, 1.165) is 22.5 Å². The van der Waals surface area contributed by atoms with Gasteiger partial charge in [-0.1, -0.05) is 0 Å². The molecule has 0 unspecified atom stereocenters. The highest BCUT2D eigenvalue weighted by molar-refractivity contribution is 5.56. The van der Waals surface area contributed by atoms with Gasteiger partial charge in [0.2, 0.25) is 0 Å². The van der Waals surface area contributed by atoms with E-state index in [-0.39, 0.29) is 0 Å². The summed E-state index contributed by atoms with van der Waals surface area (Å²) in [6.07, 6.45) is 0. The van der Waals surface area contributed by atoms with E-state index in [4.69, 9.17) is 10.5 Å². The molecule has 102 valence electrons. The highest BCUT2D eigenvalue weighted by atomic mass is 16.5. The highest BCUT2D eigenvalue weighted by Crippen LogP contribution is 2.31. The average molecular weight is 267 g/mol. The molecule has 0 saturated heterocycles. The van der Waals surface area contributed by atoms with Crippen molar-refractivity contribution in [3.63, 3.8) is 0 Å². The molecule has 1 aromatic carbocycles. The topological polar surface area (TPSA) is 71.9 Å². The molecule has 4 nitrogen and oxygen atoms in total. The Morgan fingerprint density at radius 2 is 1.75 bits per heavy atom. The van der Waals surface area contributed by atoms with Crippen molar-refractivity contribution in [3.05, 3.63) is 46.3 Å². The van der Waals surface area contributed by atoms with Crippen LogP contribution >= 0.6 is 0 Å². The maximum Gasteiger partial charge on any atom is 0.148 e. The molecular formula is C16H17N3O. The smallest absolute Gasteiger partial charge is 0.148 e. The van der Waals surface area contributed by atoms with Crippen LogP contribution in [-0.4, -0.2) is 4.98 Å². The van der Waals surface area contributed by atoms with Crippen LogP contribution in [0.5, 0.6) is 11.5 Å². The van der Waals surface area contributed by atoms with Crippen molar-refractivity contribution in [1.82, 2.24) is 4.98 Å². The summed E-state index contributed by atoms with van der Waals surface area (Å²) < 4.78 is 5.91. The molecule has 2 rings (SSSR count). The number of aryl methyl sites for hydroxylation is 4. The molecule has 0 fully saturated rings. The molecule has 4 heteroatoms. The Morgan fingerprint density at radius 3 is 2.40 bits per heavy atom. The molecule has 0 bridgehead atoms. The molecule has 1 heterocycles. The Kier molecular flexibility index (Phi) is 3.62. The summed E-state index contributed by atoms with van der Waals surface area (Å²) in [5.74, 6) is 1.24. The lowest BCUT2D eigenvalue weighted by Gasteiger charge is -2.13. The van der Waals surface area contributed by atoms with Gasteiger partial charge in [-0.2, -0.15) is 5.26 Å². The van der Waals surface area contributed by atoms with Crippen LogP contribution in [0.1, 0.15) is 28.1 Å². The molecule has 0 aliphatic heterocycles. The second kappa shape index (κ2) is 5.22. The van der Waals surface area contributed by atoms with Gasteiger partial charge in [0.1, 0.15) is 23.1 Å². The van der Waals surface area contributed by atoms with Crippen LogP contribution in [-0.2, 0) is 0 Å². The molecule has 2 N–H and O–H groups in total. The number of nitrogens with zero attached hydrogens (tertiary/aromatic N) is 2. The lowest BCUT2D eigenvalue weighted by Crippen LogP contribution is -1.98. The number of ether oxygens (including phenoxy) is 1. The SMILES string of the molecule is Cc1cc(Oc2cc(C)c(N)cc2C)c(C#N)c(C)n1. The van der Waals surface area contributed by atoms with Crippen molar-refractivity contribution >= 4 is 5.69 Å².